The SMILES string of the molecule is CN(C)c1cccc(On2cc(C(=O)O)nn2)c1. The normalized spacial score (nSPS) is 10.1. The zero-order valence-corrected chi connectivity index (χ0v) is 9.94. The van der Waals surface area contributed by atoms with Crippen LogP contribution in [0, 0.1) is 0 Å². The Bertz CT molecular complexity index is 565. The molecule has 0 fully saturated rings. The van der Waals surface area contributed by atoms with Gasteiger partial charge in [0.1, 0.15) is 6.20 Å². The Morgan fingerprint density at radius 1 is 1.44 bits per heavy atom. The first-order valence-electron chi connectivity index (χ1n) is 5.17. The van der Waals surface area contributed by atoms with Crippen LogP contribution >= 0.6 is 0 Å². The molecule has 2 aromatic rings. The van der Waals surface area contributed by atoms with Gasteiger partial charge in [-0.2, -0.15) is 0 Å². The third kappa shape index (κ3) is 2.57. The Kier molecular flexibility index (Phi) is 3.13. The van der Waals surface area contributed by atoms with Gasteiger partial charge in [0.15, 0.2) is 11.4 Å². The van der Waals surface area contributed by atoms with Crippen molar-refractivity contribution in [2.45, 2.75) is 0 Å². The summed E-state index contributed by atoms with van der Waals surface area (Å²) in [6, 6.07) is 7.31. The molecule has 0 unspecified atom stereocenters. The first-order valence-corrected chi connectivity index (χ1v) is 5.17. The topological polar surface area (TPSA) is 80.5 Å². The summed E-state index contributed by atoms with van der Waals surface area (Å²) in [5.41, 5.74) is 0.796. The number of carboxylic acids is 1. The summed E-state index contributed by atoms with van der Waals surface area (Å²) < 4.78 is 0. The Morgan fingerprint density at radius 3 is 2.83 bits per heavy atom. The fourth-order valence-corrected chi connectivity index (χ4v) is 1.32. The van der Waals surface area contributed by atoms with Crippen molar-refractivity contribution in [2.75, 3.05) is 19.0 Å². The van der Waals surface area contributed by atoms with E-state index in [0.29, 0.717) is 5.75 Å². The second-order valence-corrected chi connectivity index (χ2v) is 3.79. The van der Waals surface area contributed by atoms with Gasteiger partial charge >= 0.3 is 5.97 Å². The minimum absolute atomic E-state index is 0.168. The molecule has 1 aromatic carbocycles. The minimum Gasteiger partial charge on any atom is -0.476 e. The number of hydrogen-bond donors (Lipinski definition) is 1. The summed E-state index contributed by atoms with van der Waals surface area (Å²) in [6.45, 7) is 0. The number of aromatic carboxylic acids is 1. The van der Waals surface area contributed by atoms with Gasteiger partial charge in [-0.1, -0.05) is 10.9 Å². The quantitative estimate of drug-likeness (QED) is 0.865. The van der Waals surface area contributed by atoms with Gasteiger partial charge in [-0.3, -0.25) is 0 Å². The second kappa shape index (κ2) is 4.74. The molecule has 7 nitrogen and oxygen atoms in total. The van der Waals surface area contributed by atoms with E-state index in [0.717, 1.165) is 10.5 Å². The third-order valence-electron chi connectivity index (χ3n) is 2.23. The monoisotopic (exact) mass is 248 g/mol. The number of benzene rings is 1. The van der Waals surface area contributed by atoms with Crippen molar-refractivity contribution < 1.29 is 14.7 Å². The number of nitrogens with zero attached hydrogens (tertiary/aromatic N) is 4. The van der Waals surface area contributed by atoms with Crippen LogP contribution in [0.4, 0.5) is 5.69 Å². The van der Waals surface area contributed by atoms with Crippen LogP contribution in [0.2, 0.25) is 0 Å². The molecule has 1 N–H and O–H groups in total. The smallest absolute Gasteiger partial charge is 0.358 e. The molecule has 0 saturated heterocycles. The summed E-state index contributed by atoms with van der Waals surface area (Å²) in [5, 5.41) is 15.7. The van der Waals surface area contributed by atoms with Crippen molar-refractivity contribution in [3.05, 3.63) is 36.2 Å². The molecule has 0 radical (unpaired) electrons. The summed E-state index contributed by atoms with van der Waals surface area (Å²) in [5.74, 6) is -0.602. The van der Waals surface area contributed by atoms with Crippen molar-refractivity contribution in [3.63, 3.8) is 0 Å². The lowest BCUT2D eigenvalue weighted by molar-refractivity contribution is 0.0690. The van der Waals surface area contributed by atoms with Crippen molar-refractivity contribution in [2.24, 2.45) is 0 Å². The molecule has 0 aliphatic rings. The van der Waals surface area contributed by atoms with Crippen molar-refractivity contribution >= 4 is 11.7 Å². The lowest BCUT2D eigenvalue weighted by atomic mass is 10.3. The van der Waals surface area contributed by atoms with E-state index in [4.69, 9.17) is 9.94 Å². The Labute approximate surface area is 103 Å². The van der Waals surface area contributed by atoms with Crippen molar-refractivity contribution in [3.8, 4) is 5.75 Å². The largest absolute Gasteiger partial charge is 0.476 e. The van der Waals surface area contributed by atoms with E-state index in [1.54, 1.807) is 6.07 Å². The predicted molar refractivity (Wildman–Crippen MR) is 63.8 cm³/mol. The summed E-state index contributed by atoms with van der Waals surface area (Å²) in [7, 11) is 3.83. The van der Waals surface area contributed by atoms with Gasteiger partial charge in [-0.05, 0) is 17.3 Å². The van der Waals surface area contributed by atoms with Gasteiger partial charge in [0.05, 0.1) is 0 Å². The molecule has 0 amide bonds. The zero-order valence-electron chi connectivity index (χ0n) is 9.94. The summed E-state index contributed by atoms with van der Waals surface area (Å²) in [6.07, 6.45) is 1.20. The molecule has 0 aliphatic carbocycles. The summed E-state index contributed by atoms with van der Waals surface area (Å²) >= 11 is 0. The van der Waals surface area contributed by atoms with Crippen LogP contribution in [0.1, 0.15) is 10.5 Å². The first kappa shape index (κ1) is 11.9. The van der Waals surface area contributed by atoms with Crippen LogP contribution in [-0.2, 0) is 0 Å². The fourth-order valence-electron chi connectivity index (χ4n) is 1.32. The molecular formula is C11H12N4O3. The van der Waals surface area contributed by atoms with Gasteiger partial charge in [0.25, 0.3) is 0 Å². The molecule has 0 spiro atoms. The lowest BCUT2D eigenvalue weighted by Gasteiger charge is -2.13. The van der Waals surface area contributed by atoms with E-state index in [1.165, 1.54) is 6.20 Å². The highest BCUT2D eigenvalue weighted by atomic mass is 16.7. The Balaban J connectivity index is 2.17. The number of carboxylic acid groups (broad SMARTS) is 1. The van der Waals surface area contributed by atoms with Crippen molar-refractivity contribution in [1.29, 1.82) is 0 Å². The zero-order chi connectivity index (χ0) is 13.1. The highest BCUT2D eigenvalue weighted by Crippen LogP contribution is 2.19. The molecule has 0 bridgehead atoms. The maximum atomic E-state index is 10.6. The average Bonchev–Trinajstić information content (AvgIpc) is 2.78. The highest BCUT2D eigenvalue weighted by Gasteiger charge is 2.09. The number of anilines is 1. The second-order valence-electron chi connectivity index (χ2n) is 3.79. The minimum atomic E-state index is -1.15. The van der Waals surface area contributed by atoms with Gasteiger partial charge in [0.2, 0.25) is 0 Å². The molecule has 18 heavy (non-hydrogen) atoms. The lowest BCUT2D eigenvalue weighted by Crippen LogP contribution is -2.10. The van der Waals surface area contributed by atoms with E-state index in [2.05, 4.69) is 10.3 Å². The van der Waals surface area contributed by atoms with Crippen LogP contribution in [-0.4, -0.2) is 40.3 Å². The van der Waals surface area contributed by atoms with Crippen LogP contribution in [0.15, 0.2) is 30.5 Å². The van der Waals surface area contributed by atoms with Gasteiger partial charge < -0.3 is 14.8 Å². The van der Waals surface area contributed by atoms with E-state index in [9.17, 15) is 4.79 Å². The average molecular weight is 248 g/mol. The van der Waals surface area contributed by atoms with E-state index >= 15 is 0 Å². The number of aromatic nitrogens is 3. The molecule has 7 heteroatoms. The molecule has 1 aromatic heterocycles. The van der Waals surface area contributed by atoms with Gasteiger partial charge in [0, 0.05) is 25.8 Å². The van der Waals surface area contributed by atoms with Crippen LogP contribution in [0.3, 0.4) is 0 Å². The molecular weight excluding hydrogens is 236 g/mol. The Morgan fingerprint density at radius 2 is 2.22 bits per heavy atom. The van der Waals surface area contributed by atoms with Gasteiger partial charge in [-0.15, -0.1) is 5.10 Å². The molecule has 94 valence electrons. The number of hydrogen-bond acceptors (Lipinski definition) is 5. The highest BCUT2D eigenvalue weighted by molar-refractivity contribution is 5.84. The van der Waals surface area contributed by atoms with Gasteiger partial charge in [-0.25, -0.2) is 4.79 Å². The summed E-state index contributed by atoms with van der Waals surface area (Å²) in [4.78, 5) is 18.9. The standard InChI is InChI=1S/C11H12N4O3/c1-14(2)8-4-3-5-9(6-8)18-15-7-10(11(16)17)12-13-15/h3-7H,1-2H3,(H,16,17). The maximum absolute atomic E-state index is 10.6. The van der Waals surface area contributed by atoms with Crippen LogP contribution in [0.25, 0.3) is 0 Å². The first-order chi connectivity index (χ1) is 8.56. The number of rotatable bonds is 4. The maximum Gasteiger partial charge on any atom is 0.358 e. The molecule has 1 heterocycles. The fraction of sp³-hybridized carbons (Fsp3) is 0.182. The predicted octanol–water partition coefficient (Wildman–Crippen LogP) is 0.884. The molecule has 0 saturated carbocycles. The third-order valence-corrected chi connectivity index (χ3v) is 2.23. The molecule has 0 aliphatic heterocycles. The van der Waals surface area contributed by atoms with E-state index < -0.39 is 5.97 Å². The molecule has 0 atom stereocenters. The van der Waals surface area contributed by atoms with Crippen molar-refractivity contribution in [1.82, 2.24) is 15.2 Å². The Hall–Kier alpha value is -2.57. The molecule has 2 rings (SSSR count). The number of carbonyl (C=O) groups is 1. The van der Waals surface area contributed by atoms with E-state index in [-0.39, 0.29) is 5.69 Å². The van der Waals surface area contributed by atoms with Crippen LogP contribution in [0.5, 0.6) is 5.75 Å². The van der Waals surface area contributed by atoms with E-state index in [1.807, 2.05) is 37.2 Å². The van der Waals surface area contributed by atoms with Crippen LogP contribution < -0.4 is 9.74 Å².